The van der Waals surface area contributed by atoms with E-state index in [-0.39, 0.29) is 34.1 Å². The fraction of sp³-hybridized carbons (Fsp3) is 0.421. The van der Waals surface area contributed by atoms with Crippen LogP contribution in [0, 0.1) is 0 Å². The Morgan fingerprint density at radius 2 is 1.75 bits per heavy atom. The summed E-state index contributed by atoms with van der Waals surface area (Å²) < 4.78 is 27.2. The zero-order valence-corrected chi connectivity index (χ0v) is 18.1. The summed E-state index contributed by atoms with van der Waals surface area (Å²) in [4.78, 5) is 17.1. The van der Waals surface area contributed by atoms with Crippen molar-refractivity contribution in [3.05, 3.63) is 51.8 Å². The zero-order valence-electron chi connectivity index (χ0n) is 15.8. The van der Waals surface area contributed by atoms with Gasteiger partial charge < -0.3 is 9.88 Å². The smallest absolute Gasteiger partial charge is 0.270 e. The molecule has 1 atom stereocenters. The van der Waals surface area contributed by atoms with Gasteiger partial charge in [0.25, 0.3) is 5.91 Å². The van der Waals surface area contributed by atoms with E-state index in [4.69, 9.17) is 23.2 Å². The van der Waals surface area contributed by atoms with Gasteiger partial charge in [-0.1, -0.05) is 49.2 Å². The van der Waals surface area contributed by atoms with Gasteiger partial charge in [-0.2, -0.15) is 4.31 Å². The second-order valence-corrected chi connectivity index (χ2v) is 9.64. The minimum Gasteiger partial charge on any atom is -0.340 e. The van der Waals surface area contributed by atoms with E-state index >= 15 is 0 Å². The molecule has 28 heavy (non-hydrogen) atoms. The maximum absolute atomic E-state index is 12.9. The van der Waals surface area contributed by atoms with E-state index in [1.165, 1.54) is 10.4 Å². The van der Waals surface area contributed by atoms with Crippen molar-refractivity contribution >= 4 is 39.1 Å². The summed E-state index contributed by atoms with van der Waals surface area (Å²) in [6.45, 7) is 5.30. The molecule has 2 heterocycles. The van der Waals surface area contributed by atoms with E-state index in [2.05, 4.69) is 18.8 Å². The van der Waals surface area contributed by atoms with Crippen LogP contribution in [0.2, 0.25) is 10.2 Å². The normalized spacial score (nSPS) is 16.9. The lowest BCUT2D eigenvalue weighted by Crippen LogP contribution is -2.50. The quantitative estimate of drug-likeness (QED) is 0.758. The Morgan fingerprint density at radius 3 is 2.25 bits per heavy atom. The molecule has 1 N–H and O–H groups in total. The van der Waals surface area contributed by atoms with Gasteiger partial charge in [-0.3, -0.25) is 4.79 Å². The van der Waals surface area contributed by atoms with Gasteiger partial charge in [0.15, 0.2) is 0 Å². The molecular formula is C19H23Cl2N3O3S. The van der Waals surface area contributed by atoms with Crippen molar-refractivity contribution in [1.82, 2.24) is 14.2 Å². The number of hydrogen-bond acceptors (Lipinski definition) is 3. The first-order chi connectivity index (χ1) is 13.2. The maximum atomic E-state index is 12.9. The summed E-state index contributed by atoms with van der Waals surface area (Å²) in [6.07, 6.45) is 0.999. The number of amides is 1. The van der Waals surface area contributed by atoms with Crippen molar-refractivity contribution in [1.29, 1.82) is 0 Å². The molecule has 0 aliphatic carbocycles. The summed E-state index contributed by atoms with van der Waals surface area (Å²) >= 11 is 11.7. The van der Waals surface area contributed by atoms with Crippen LogP contribution in [0.25, 0.3) is 0 Å². The van der Waals surface area contributed by atoms with E-state index < -0.39 is 10.0 Å². The molecule has 0 radical (unpaired) electrons. The summed E-state index contributed by atoms with van der Waals surface area (Å²) in [5, 5.41) is 0.499. The lowest BCUT2D eigenvalue weighted by Gasteiger charge is -2.33. The van der Waals surface area contributed by atoms with Crippen LogP contribution in [0.3, 0.4) is 0 Å². The van der Waals surface area contributed by atoms with E-state index in [9.17, 15) is 13.2 Å². The van der Waals surface area contributed by atoms with Crippen LogP contribution in [0.15, 0.2) is 35.2 Å². The van der Waals surface area contributed by atoms with Gasteiger partial charge in [-0.15, -0.1) is 0 Å². The predicted molar refractivity (Wildman–Crippen MR) is 111 cm³/mol. The highest BCUT2D eigenvalue weighted by molar-refractivity contribution is 7.89. The van der Waals surface area contributed by atoms with Crippen LogP contribution in [0.1, 0.15) is 42.2 Å². The van der Waals surface area contributed by atoms with Crippen LogP contribution in [-0.2, 0) is 10.0 Å². The number of carbonyl (C=O) groups is 1. The molecular weight excluding hydrogens is 421 g/mol. The lowest BCUT2D eigenvalue weighted by molar-refractivity contribution is 0.0692. The number of nitrogens with one attached hydrogen (secondary N) is 1. The highest BCUT2D eigenvalue weighted by Gasteiger charge is 2.31. The molecule has 2 aromatic rings. The largest absolute Gasteiger partial charge is 0.340 e. The SMILES string of the molecule is CCC(C)c1ccc(S(=O)(=O)N2CCN(C(=O)c3cc(Cl)c(Cl)[nH]3)CC2)cc1. The molecule has 1 aromatic carbocycles. The summed E-state index contributed by atoms with van der Waals surface area (Å²) in [7, 11) is -3.58. The number of aromatic nitrogens is 1. The standard InChI is InChI=1S/C19H23Cl2N3O3S/c1-3-13(2)14-4-6-15(7-5-14)28(26,27)24-10-8-23(9-11-24)19(25)17-12-16(20)18(21)22-17/h4-7,12-13,22H,3,8-11H2,1-2H3. The number of nitrogens with zero attached hydrogens (tertiary/aromatic N) is 2. The second-order valence-electron chi connectivity index (χ2n) is 6.92. The Balaban J connectivity index is 1.67. The number of sulfonamides is 1. The van der Waals surface area contributed by atoms with Crippen molar-refractivity contribution in [2.75, 3.05) is 26.2 Å². The van der Waals surface area contributed by atoms with E-state index in [1.54, 1.807) is 17.0 Å². The molecule has 1 aliphatic heterocycles. The number of halogens is 2. The molecule has 0 bridgehead atoms. The number of hydrogen-bond donors (Lipinski definition) is 1. The fourth-order valence-electron chi connectivity index (χ4n) is 3.17. The Morgan fingerprint density at radius 1 is 1.14 bits per heavy atom. The number of carbonyl (C=O) groups excluding carboxylic acids is 1. The molecule has 1 unspecified atom stereocenters. The molecule has 6 nitrogen and oxygen atoms in total. The first kappa shape index (κ1) is 21.2. The third kappa shape index (κ3) is 4.22. The van der Waals surface area contributed by atoms with Crippen molar-refractivity contribution in [3.8, 4) is 0 Å². The third-order valence-electron chi connectivity index (χ3n) is 5.18. The van der Waals surface area contributed by atoms with Gasteiger partial charge >= 0.3 is 0 Å². The molecule has 1 aromatic heterocycles. The first-order valence-electron chi connectivity index (χ1n) is 9.17. The van der Waals surface area contributed by atoms with Crippen molar-refractivity contribution in [2.45, 2.75) is 31.1 Å². The molecule has 152 valence electrons. The zero-order chi connectivity index (χ0) is 20.5. The van der Waals surface area contributed by atoms with Crippen LogP contribution < -0.4 is 0 Å². The van der Waals surface area contributed by atoms with Gasteiger partial charge in [0.2, 0.25) is 10.0 Å². The van der Waals surface area contributed by atoms with Gasteiger partial charge in [-0.05, 0) is 36.1 Å². The van der Waals surface area contributed by atoms with Crippen LogP contribution in [0.5, 0.6) is 0 Å². The number of rotatable bonds is 5. The molecule has 1 aliphatic rings. The number of H-pyrrole nitrogens is 1. The van der Waals surface area contributed by atoms with E-state index in [0.29, 0.717) is 24.7 Å². The predicted octanol–water partition coefficient (Wildman–Crippen LogP) is 3.98. The average molecular weight is 444 g/mol. The molecule has 1 saturated heterocycles. The highest BCUT2D eigenvalue weighted by Crippen LogP contribution is 2.25. The first-order valence-corrected chi connectivity index (χ1v) is 11.4. The fourth-order valence-corrected chi connectivity index (χ4v) is 4.91. The maximum Gasteiger partial charge on any atom is 0.270 e. The molecule has 3 rings (SSSR count). The Bertz CT molecular complexity index is 930. The number of aromatic amines is 1. The third-order valence-corrected chi connectivity index (χ3v) is 7.79. The van der Waals surface area contributed by atoms with Crippen LogP contribution >= 0.6 is 23.2 Å². The Labute approximate surface area is 175 Å². The van der Waals surface area contributed by atoms with Crippen molar-refractivity contribution in [3.63, 3.8) is 0 Å². The molecule has 0 saturated carbocycles. The van der Waals surface area contributed by atoms with Gasteiger partial charge in [-0.25, -0.2) is 8.42 Å². The van der Waals surface area contributed by atoms with E-state index in [0.717, 1.165) is 12.0 Å². The number of benzene rings is 1. The average Bonchev–Trinajstić information content (AvgIpc) is 3.05. The Hall–Kier alpha value is -1.54. The molecule has 9 heteroatoms. The summed E-state index contributed by atoms with van der Waals surface area (Å²) in [5.41, 5.74) is 1.42. The van der Waals surface area contributed by atoms with Crippen molar-refractivity contribution < 1.29 is 13.2 Å². The second kappa shape index (κ2) is 8.45. The van der Waals surface area contributed by atoms with Gasteiger partial charge in [0.05, 0.1) is 9.92 Å². The summed E-state index contributed by atoms with van der Waals surface area (Å²) in [5.74, 6) is 0.144. The molecule has 0 spiro atoms. The number of piperazine rings is 1. The van der Waals surface area contributed by atoms with Gasteiger partial charge in [0, 0.05) is 26.2 Å². The molecule has 1 amide bonds. The lowest BCUT2D eigenvalue weighted by atomic mass is 9.99. The monoisotopic (exact) mass is 443 g/mol. The highest BCUT2D eigenvalue weighted by atomic mass is 35.5. The van der Waals surface area contributed by atoms with Crippen LogP contribution in [-0.4, -0.2) is 54.7 Å². The minimum atomic E-state index is -3.58. The topological polar surface area (TPSA) is 73.5 Å². The Kier molecular flexibility index (Phi) is 6.39. The van der Waals surface area contributed by atoms with E-state index in [1.807, 2.05) is 12.1 Å². The minimum absolute atomic E-state index is 0.215. The molecule has 1 fully saturated rings. The summed E-state index contributed by atoms with van der Waals surface area (Å²) in [6, 6.07) is 8.56. The van der Waals surface area contributed by atoms with Crippen LogP contribution in [0.4, 0.5) is 0 Å². The van der Waals surface area contributed by atoms with Gasteiger partial charge in [0.1, 0.15) is 10.8 Å². The van der Waals surface area contributed by atoms with Crippen molar-refractivity contribution in [2.24, 2.45) is 0 Å².